The Hall–Kier alpha value is -2.82. The number of hydrogen-bond donors (Lipinski definition) is 2. The minimum Gasteiger partial charge on any atom is -0.318 e. The Balaban J connectivity index is 1.45. The third-order valence-corrected chi connectivity index (χ3v) is 5.61. The van der Waals surface area contributed by atoms with Crippen LogP contribution in [0.25, 0.3) is 5.69 Å². The first-order valence-electron chi connectivity index (χ1n) is 9.07. The summed E-state index contributed by atoms with van der Waals surface area (Å²) in [6.07, 6.45) is 6.27. The van der Waals surface area contributed by atoms with Gasteiger partial charge in [0.2, 0.25) is 5.91 Å². The second-order valence-corrected chi connectivity index (χ2v) is 7.29. The number of nitrogens with zero attached hydrogens (tertiary/aromatic N) is 1. The molecule has 134 valence electrons. The fraction of sp³-hybridized carbons (Fsp3) is 0.333. The van der Waals surface area contributed by atoms with Crippen molar-refractivity contribution in [3.8, 4) is 5.69 Å². The normalized spacial score (nSPS) is 23.2. The van der Waals surface area contributed by atoms with Gasteiger partial charge in [0, 0.05) is 23.0 Å². The number of rotatable bonds is 3. The van der Waals surface area contributed by atoms with Crippen LogP contribution in [-0.4, -0.2) is 16.4 Å². The molecule has 2 aromatic rings. The summed E-state index contributed by atoms with van der Waals surface area (Å²) >= 11 is 0. The van der Waals surface area contributed by atoms with Crippen LogP contribution in [0.5, 0.6) is 0 Å². The second kappa shape index (κ2) is 6.48. The Labute approximate surface area is 153 Å². The highest BCUT2D eigenvalue weighted by molar-refractivity contribution is 5.97. The fourth-order valence-electron chi connectivity index (χ4n) is 4.33. The van der Waals surface area contributed by atoms with Crippen LogP contribution in [0, 0.1) is 31.6 Å². The van der Waals surface area contributed by atoms with E-state index < -0.39 is 0 Å². The summed E-state index contributed by atoms with van der Waals surface area (Å²) in [4.78, 5) is 25.0. The van der Waals surface area contributed by atoms with Gasteiger partial charge < -0.3 is 4.57 Å². The first kappa shape index (κ1) is 16.6. The predicted molar refractivity (Wildman–Crippen MR) is 99.7 cm³/mol. The van der Waals surface area contributed by atoms with Gasteiger partial charge >= 0.3 is 0 Å². The van der Waals surface area contributed by atoms with E-state index >= 15 is 0 Å². The SMILES string of the molecule is Cc1cc(C(=O)NNC(=O)[C@H]2C[C@H]3C=C[C@H]2C3)c(C)n1-c1ccccc1. The van der Waals surface area contributed by atoms with Crippen molar-refractivity contribution in [2.45, 2.75) is 26.7 Å². The number of amides is 2. The number of aromatic nitrogens is 1. The molecule has 2 N–H and O–H groups in total. The minimum absolute atomic E-state index is 0.0259. The molecular weight excluding hydrogens is 326 g/mol. The first-order chi connectivity index (χ1) is 12.5. The lowest BCUT2D eigenvalue weighted by molar-refractivity contribution is -0.126. The van der Waals surface area contributed by atoms with E-state index in [1.54, 1.807) is 0 Å². The Bertz CT molecular complexity index is 882. The Morgan fingerprint density at radius 2 is 1.81 bits per heavy atom. The van der Waals surface area contributed by atoms with Crippen LogP contribution >= 0.6 is 0 Å². The lowest BCUT2D eigenvalue weighted by Crippen LogP contribution is -2.45. The number of nitrogens with one attached hydrogen (secondary N) is 2. The number of carbonyl (C=O) groups excluding carboxylic acids is 2. The van der Waals surface area contributed by atoms with Crippen LogP contribution in [-0.2, 0) is 4.79 Å². The molecule has 0 unspecified atom stereocenters. The van der Waals surface area contributed by atoms with Gasteiger partial charge in [-0.1, -0.05) is 30.4 Å². The summed E-state index contributed by atoms with van der Waals surface area (Å²) in [7, 11) is 0. The van der Waals surface area contributed by atoms with Crippen molar-refractivity contribution < 1.29 is 9.59 Å². The van der Waals surface area contributed by atoms with Gasteiger partial charge in [-0.2, -0.15) is 0 Å². The molecule has 1 fully saturated rings. The van der Waals surface area contributed by atoms with E-state index in [9.17, 15) is 9.59 Å². The molecule has 26 heavy (non-hydrogen) atoms. The Morgan fingerprint density at radius 3 is 2.46 bits per heavy atom. The number of hydrogen-bond acceptors (Lipinski definition) is 2. The molecule has 5 heteroatoms. The highest BCUT2D eigenvalue weighted by Gasteiger charge is 2.39. The maximum atomic E-state index is 12.6. The number of fused-ring (bicyclic) bond motifs is 2. The summed E-state index contributed by atoms with van der Waals surface area (Å²) in [6, 6.07) is 11.8. The van der Waals surface area contributed by atoms with Crippen molar-refractivity contribution in [2.75, 3.05) is 0 Å². The highest BCUT2D eigenvalue weighted by Crippen LogP contribution is 2.43. The van der Waals surface area contributed by atoms with Gasteiger partial charge in [-0.3, -0.25) is 20.4 Å². The van der Waals surface area contributed by atoms with E-state index in [0.717, 1.165) is 29.9 Å². The summed E-state index contributed by atoms with van der Waals surface area (Å²) in [6.45, 7) is 3.88. The number of benzene rings is 1. The molecule has 0 aliphatic heterocycles. The smallest absolute Gasteiger partial charge is 0.271 e. The molecular formula is C21H23N3O2. The monoisotopic (exact) mass is 349 g/mol. The molecule has 0 radical (unpaired) electrons. The quantitative estimate of drug-likeness (QED) is 0.661. The molecule has 0 saturated heterocycles. The van der Waals surface area contributed by atoms with Crippen molar-refractivity contribution in [3.05, 3.63) is 65.5 Å². The second-order valence-electron chi connectivity index (χ2n) is 7.29. The van der Waals surface area contributed by atoms with E-state index in [2.05, 4.69) is 23.0 Å². The lowest BCUT2D eigenvalue weighted by atomic mass is 9.93. The molecule has 4 rings (SSSR count). The molecule has 1 aromatic heterocycles. The van der Waals surface area contributed by atoms with E-state index in [1.165, 1.54) is 0 Å². The molecule has 1 heterocycles. The van der Waals surface area contributed by atoms with Gasteiger partial charge in [0.15, 0.2) is 0 Å². The summed E-state index contributed by atoms with van der Waals surface area (Å²) < 4.78 is 2.04. The lowest BCUT2D eigenvalue weighted by Gasteiger charge is -2.17. The Morgan fingerprint density at radius 1 is 1.04 bits per heavy atom. The molecule has 2 aliphatic rings. The number of allylic oxidation sites excluding steroid dienone is 2. The largest absolute Gasteiger partial charge is 0.318 e. The first-order valence-corrected chi connectivity index (χ1v) is 9.07. The topological polar surface area (TPSA) is 63.1 Å². The van der Waals surface area contributed by atoms with Gasteiger partial charge in [0.1, 0.15) is 0 Å². The minimum atomic E-state index is -0.285. The van der Waals surface area contributed by atoms with Crippen molar-refractivity contribution in [1.82, 2.24) is 15.4 Å². The average Bonchev–Trinajstić information content (AvgIpc) is 3.35. The molecule has 2 bridgehead atoms. The fourth-order valence-corrected chi connectivity index (χ4v) is 4.33. The van der Waals surface area contributed by atoms with Gasteiger partial charge in [-0.25, -0.2) is 0 Å². The number of aryl methyl sites for hydroxylation is 1. The standard InChI is InChI=1S/C21H23N3O2/c1-13-10-18(14(2)24(13)17-6-4-3-5-7-17)20(25)22-23-21(26)19-12-15-8-9-16(19)11-15/h3-10,15-16,19H,11-12H2,1-2H3,(H,22,25)(H,23,26)/t15-,16-,19-/m0/s1. The molecule has 1 saturated carbocycles. The summed E-state index contributed by atoms with van der Waals surface area (Å²) in [5.41, 5.74) is 8.62. The van der Waals surface area contributed by atoms with E-state index in [1.807, 2.05) is 54.8 Å². The molecule has 1 aromatic carbocycles. The van der Waals surface area contributed by atoms with Gasteiger partial charge in [-0.05, 0) is 56.7 Å². The van der Waals surface area contributed by atoms with Crippen molar-refractivity contribution in [3.63, 3.8) is 0 Å². The molecule has 0 spiro atoms. The number of para-hydroxylation sites is 1. The third-order valence-electron chi connectivity index (χ3n) is 5.61. The highest BCUT2D eigenvalue weighted by atomic mass is 16.2. The summed E-state index contributed by atoms with van der Waals surface area (Å²) in [5, 5.41) is 0. The zero-order chi connectivity index (χ0) is 18.3. The zero-order valence-electron chi connectivity index (χ0n) is 15.0. The maximum Gasteiger partial charge on any atom is 0.271 e. The molecule has 3 atom stereocenters. The van der Waals surface area contributed by atoms with Crippen LogP contribution in [0.1, 0.15) is 34.6 Å². The number of carbonyl (C=O) groups is 2. The average molecular weight is 349 g/mol. The predicted octanol–water partition coefficient (Wildman–Crippen LogP) is 3.07. The van der Waals surface area contributed by atoms with Crippen LogP contribution in [0.3, 0.4) is 0 Å². The molecule has 5 nitrogen and oxygen atoms in total. The molecule has 2 aliphatic carbocycles. The van der Waals surface area contributed by atoms with Crippen LogP contribution in [0.4, 0.5) is 0 Å². The zero-order valence-corrected chi connectivity index (χ0v) is 15.0. The Kier molecular flexibility index (Phi) is 4.15. The van der Waals surface area contributed by atoms with E-state index in [4.69, 9.17) is 0 Å². The molecule has 2 amide bonds. The third kappa shape index (κ3) is 2.83. The van der Waals surface area contributed by atoms with Gasteiger partial charge in [0.25, 0.3) is 5.91 Å². The summed E-state index contributed by atoms with van der Waals surface area (Å²) in [5.74, 6) is 0.442. The van der Waals surface area contributed by atoms with Crippen molar-refractivity contribution in [2.24, 2.45) is 17.8 Å². The van der Waals surface area contributed by atoms with Crippen LogP contribution < -0.4 is 10.9 Å². The van der Waals surface area contributed by atoms with E-state index in [0.29, 0.717) is 17.4 Å². The van der Waals surface area contributed by atoms with Crippen LogP contribution in [0.2, 0.25) is 0 Å². The number of hydrazine groups is 1. The van der Waals surface area contributed by atoms with Crippen LogP contribution in [0.15, 0.2) is 48.6 Å². The van der Waals surface area contributed by atoms with Gasteiger partial charge in [-0.15, -0.1) is 0 Å². The van der Waals surface area contributed by atoms with Gasteiger partial charge in [0.05, 0.1) is 5.56 Å². The van der Waals surface area contributed by atoms with Crippen molar-refractivity contribution in [1.29, 1.82) is 0 Å². The van der Waals surface area contributed by atoms with E-state index in [-0.39, 0.29) is 17.7 Å². The maximum absolute atomic E-state index is 12.6. The van der Waals surface area contributed by atoms with Crippen molar-refractivity contribution >= 4 is 11.8 Å².